The zero-order valence-corrected chi connectivity index (χ0v) is 27.5. The SMILES string of the molecule is C=C/C=C(\C=C)COc1ccc2c(c1)C(CCCCCC)(CCCCCC)c1c-2ccc2cc(NCc3ccccc3)ccc12. The Bertz CT molecular complexity index is 1600. The predicted octanol–water partition coefficient (Wildman–Crippen LogP) is 12.3. The lowest BCUT2D eigenvalue weighted by atomic mass is 9.69. The molecule has 0 heterocycles. The van der Waals surface area contributed by atoms with Crippen molar-refractivity contribution in [3.63, 3.8) is 0 Å². The van der Waals surface area contributed by atoms with Crippen molar-refractivity contribution < 1.29 is 4.74 Å². The lowest BCUT2D eigenvalue weighted by Crippen LogP contribution is -2.26. The van der Waals surface area contributed by atoms with Gasteiger partial charge in [-0.3, -0.25) is 0 Å². The third-order valence-electron chi connectivity index (χ3n) is 9.55. The van der Waals surface area contributed by atoms with Crippen molar-refractivity contribution in [2.24, 2.45) is 0 Å². The van der Waals surface area contributed by atoms with Gasteiger partial charge in [-0.15, -0.1) is 0 Å². The summed E-state index contributed by atoms with van der Waals surface area (Å²) in [6.07, 6.45) is 18.1. The molecule has 0 saturated carbocycles. The fourth-order valence-electron chi connectivity index (χ4n) is 7.20. The van der Waals surface area contributed by atoms with Crippen molar-refractivity contribution in [2.75, 3.05) is 11.9 Å². The van der Waals surface area contributed by atoms with Crippen LogP contribution in [0.3, 0.4) is 0 Å². The Morgan fingerprint density at radius 1 is 0.778 bits per heavy atom. The minimum absolute atomic E-state index is 0.0256. The highest BCUT2D eigenvalue weighted by atomic mass is 16.5. The van der Waals surface area contributed by atoms with Crippen LogP contribution in [0.15, 0.2) is 116 Å². The second-order valence-corrected chi connectivity index (χ2v) is 12.6. The van der Waals surface area contributed by atoms with Gasteiger partial charge < -0.3 is 10.1 Å². The maximum atomic E-state index is 6.39. The maximum Gasteiger partial charge on any atom is 0.120 e. The molecule has 2 nitrogen and oxygen atoms in total. The normalized spacial score (nSPS) is 13.3. The van der Waals surface area contributed by atoms with Crippen LogP contribution >= 0.6 is 0 Å². The summed E-state index contributed by atoms with van der Waals surface area (Å²) in [4.78, 5) is 0. The summed E-state index contributed by atoms with van der Waals surface area (Å²) < 4.78 is 6.39. The monoisotopic (exact) mass is 597 g/mol. The molecular weight excluding hydrogens is 546 g/mol. The van der Waals surface area contributed by atoms with Crippen LogP contribution in [0.1, 0.15) is 94.7 Å². The van der Waals surface area contributed by atoms with E-state index in [1.165, 1.54) is 108 Å². The molecule has 1 aliphatic carbocycles. The first kappa shape index (κ1) is 32.4. The van der Waals surface area contributed by atoms with Gasteiger partial charge in [0.25, 0.3) is 0 Å². The molecule has 0 unspecified atom stereocenters. The molecule has 1 aliphatic rings. The number of fused-ring (bicyclic) bond motifs is 5. The number of benzene rings is 4. The van der Waals surface area contributed by atoms with E-state index in [4.69, 9.17) is 4.74 Å². The number of hydrogen-bond acceptors (Lipinski definition) is 2. The molecule has 0 spiro atoms. The standard InChI is InChI=1S/C43H51NO/c1-5-9-11-16-27-43(28-17-12-10-6-2)41-30-37(45-32-33(8-4)18-7-3)23-26-39(41)40-24-21-35-29-36(22-25-38(35)42(40)43)44-31-34-19-14-13-15-20-34/h7-8,13-15,18-26,29-30,44H,3-6,9-12,16-17,27-28,31-32H2,1-2H3/b33-18+. The Morgan fingerprint density at radius 2 is 1.51 bits per heavy atom. The summed E-state index contributed by atoms with van der Waals surface area (Å²) in [6.45, 7) is 13.7. The van der Waals surface area contributed by atoms with Crippen molar-refractivity contribution in [1.29, 1.82) is 0 Å². The minimum atomic E-state index is -0.0256. The average molecular weight is 598 g/mol. The van der Waals surface area contributed by atoms with E-state index < -0.39 is 0 Å². The van der Waals surface area contributed by atoms with Gasteiger partial charge in [0.05, 0.1) is 0 Å². The Labute approximate surface area is 271 Å². The lowest BCUT2D eigenvalue weighted by molar-refractivity contribution is 0.352. The van der Waals surface area contributed by atoms with E-state index >= 15 is 0 Å². The Morgan fingerprint density at radius 3 is 2.20 bits per heavy atom. The van der Waals surface area contributed by atoms with E-state index in [0.29, 0.717) is 6.61 Å². The molecule has 0 amide bonds. The molecule has 45 heavy (non-hydrogen) atoms. The topological polar surface area (TPSA) is 21.3 Å². The molecule has 4 aromatic carbocycles. The van der Waals surface area contributed by atoms with E-state index in [-0.39, 0.29) is 5.41 Å². The van der Waals surface area contributed by atoms with Gasteiger partial charge in [-0.05, 0) is 81.3 Å². The third-order valence-corrected chi connectivity index (χ3v) is 9.55. The zero-order valence-electron chi connectivity index (χ0n) is 27.5. The first-order chi connectivity index (χ1) is 22.1. The second-order valence-electron chi connectivity index (χ2n) is 12.6. The number of anilines is 1. The Hall–Kier alpha value is -4.04. The number of hydrogen-bond donors (Lipinski definition) is 1. The zero-order chi connectivity index (χ0) is 31.5. The number of ether oxygens (including phenoxy) is 1. The average Bonchev–Trinajstić information content (AvgIpc) is 3.35. The van der Waals surface area contributed by atoms with E-state index in [1.54, 1.807) is 6.08 Å². The first-order valence-corrected chi connectivity index (χ1v) is 17.2. The van der Waals surface area contributed by atoms with Crippen molar-refractivity contribution in [3.8, 4) is 16.9 Å². The van der Waals surface area contributed by atoms with E-state index in [1.807, 2.05) is 12.2 Å². The molecule has 0 aliphatic heterocycles. The molecule has 0 radical (unpaired) electrons. The smallest absolute Gasteiger partial charge is 0.120 e. The minimum Gasteiger partial charge on any atom is -0.489 e. The fourth-order valence-corrected chi connectivity index (χ4v) is 7.20. The van der Waals surface area contributed by atoms with E-state index in [2.05, 4.69) is 111 Å². The maximum absolute atomic E-state index is 6.39. The van der Waals surface area contributed by atoms with Gasteiger partial charge in [0.15, 0.2) is 0 Å². The molecule has 0 fully saturated rings. The number of unbranched alkanes of at least 4 members (excludes halogenated alkanes) is 6. The summed E-state index contributed by atoms with van der Waals surface area (Å²) in [6, 6.07) is 29.2. The van der Waals surface area contributed by atoms with Gasteiger partial charge in [-0.25, -0.2) is 0 Å². The molecular formula is C43H51NO. The van der Waals surface area contributed by atoms with Gasteiger partial charge in [0.1, 0.15) is 12.4 Å². The highest BCUT2D eigenvalue weighted by molar-refractivity contribution is 5.99. The molecule has 4 aromatic rings. The number of rotatable bonds is 18. The van der Waals surface area contributed by atoms with E-state index in [0.717, 1.165) is 17.9 Å². The van der Waals surface area contributed by atoms with Gasteiger partial charge in [-0.1, -0.05) is 151 Å². The second kappa shape index (κ2) is 15.8. The highest BCUT2D eigenvalue weighted by Crippen LogP contribution is 2.57. The quantitative estimate of drug-likeness (QED) is 0.0910. The molecule has 234 valence electrons. The summed E-state index contributed by atoms with van der Waals surface area (Å²) in [5, 5.41) is 6.37. The van der Waals surface area contributed by atoms with Crippen LogP contribution in [-0.4, -0.2) is 6.61 Å². The van der Waals surface area contributed by atoms with Crippen molar-refractivity contribution >= 4 is 16.5 Å². The molecule has 0 saturated heterocycles. The molecule has 0 aromatic heterocycles. The fraction of sp³-hybridized carbons (Fsp3) is 0.349. The molecule has 2 heteroatoms. The van der Waals surface area contributed by atoms with Gasteiger partial charge in [-0.2, -0.15) is 0 Å². The van der Waals surface area contributed by atoms with Crippen LogP contribution in [0.2, 0.25) is 0 Å². The van der Waals surface area contributed by atoms with Crippen LogP contribution in [0.4, 0.5) is 5.69 Å². The van der Waals surface area contributed by atoms with Crippen LogP contribution in [0.25, 0.3) is 21.9 Å². The van der Waals surface area contributed by atoms with Gasteiger partial charge in [0.2, 0.25) is 0 Å². The van der Waals surface area contributed by atoms with Crippen LogP contribution in [-0.2, 0) is 12.0 Å². The first-order valence-electron chi connectivity index (χ1n) is 17.2. The Kier molecular flexibility index (Phi) is 11.4. The molecule has 1 N–H and O–H groups in total. The van der Waals surface area contributed by atoms with Crippen LogP contribution in [0, 0.1) is 0 Å². The molecule has 0 atom stereocenters. The number of allylic oxidation sites excluding steroid dienone is 2. The number of nitrogens with one attached hydrogen (secondary N) is 1. The van der Waals surface area contributed by atoms with Crippen molar-refractivity contribution in [1.82, 2.24) is 0 Å². The van der Waals surface area contributed by atoms with Gasteiger partial charge >= 0.3 is 0 Å². The highest BCUT2D eigenvalue weighted by Gasteiger charge is 2.43. The molecule has 0 bridgehead atoms. The largest absolute Gasteiger partial charge is 0.489 e. The Balaban J connectivity index is 1.57. The third kappa shape index (κ3) is 7.44. The predicted molar refractivity (Wildman–Crippen MR) is 195 cm³/mol. The lowest BCUT2D eigenvalue weighted by Gasteiger charge is -2.34. The molecule has 5 rings (SSSR count). The van der Waals surface area contributed by atoms with Crippen LogP contribution in [0.5, 0.6) is 5.75 Å². The summed E-state index contributed by atoms with van der Waals surface area (Å²) in [5.74, 6) is 0.932. The summed E-state index contributed by atoms with van der Waals surface area (Å²) in [7, 11) is 0. The van der Waals surface area contributed by atoms with E-state index in [9.17, 15) is 0 Å². The summed E-state index contributed by atoms with van der Waals surface area (Å²) >= 11 is 0. The van der Waals surface area contributed by atoms with Crippen molar-refractivity contribution in [2.45, 2.75) is 90.0 Å². The van der Waals surface area contributed by atoms with Crippen molar-refractivity contribution in [3.05, 3.63) is 133 Å². The van der Waals surface area contributed by atoms with Gasteiger partial charge in [0, 0.05) is 17.6 Å². The van der Waals surface area contributed by atoms with Crippen LogP contribution < -0.4 is 10.1 Å². The summed E-state index contributed by atoms with van der Waals surface area (Å²) in [5.41, 5.74) is 9.23.